The molecule has 1 rings (SSSR count). The third kappa shape index (κ3) is 4.35. The second-order valence-corrected chi connectivity index (χ2v) is 4.30. The highest BCUT2D eigenvalue weighted by Crippen LogP contribution is 2.10. The van der Waals surface area contributed by atoms with Gasteiger partial charge in [0.2, 0.25) is 5.91 Å². The summed E-state index contributed by atoms with van der Waals surface area (Å²) in [7, 11) is 0. The van der Waals surface area contributed by atoms with Crippen LogP contribution in [0.4, 0.5) is 0 Å². The van der Waals surface area contributed by atoms with E-state index in [1.165, 1.54) is 4.68 Å². The first-order valence-electron chi connectivity index (χ1n) is 6.52. The van der Waals surface area contributed by atoms with Crippen LogP contribution in [0.25, 0.3) is 0 Å². The Labute approximate surface area is 112 Å². The largest absolute Gasteiger partial charge is 0.476 e. The monoisotopic (exact) mass is 268 g/mol. The molecule has 7 heteroatoms. The van der Waals surface area contributed by atoms with E-state index >= 15 is 0 Å². The zero-order chi connectivity index (χ0) is 14.3. The minimum Gasteiger partial charge on any atom is -0.476 e. The van der Waals surface area contributed by atoms with E-state index < -0.39 is 5.97 Å². The lowest BCUT2D eigenvalue weighted by Crippen LogP contribution is -2.29. The van der Waals surface area contributed by atoms with Crippen molar-refractivity contribution in [2.75, 3.05) is 6.54 Å². The molecule has 0 aliphatic heterocycles. The maximum atomic E-state index is 11.6. The number of carboxylic acids is 1. The molecule has 1 aromatic rings. The predicted octanol–water partition coefficient (Wildman–Crippen LogP) is 0.845. The quantitative estimate of drug-likeness (QED) is 0.728. The fourth-order valence-corrected chi connectivity index (χ4v) is 1.67. The highest BCUT2D eigenvalue weighted by molar-refractivity contribution is 5.86. The summed E-state index contributed by atoms with van der Waals surface area (Å²) in [5.74, 6) is -1.28. The predicted molar refractivity (Wildman–Crippen MR) is 68.9 cm³/mol. The number of aromatic nitrogens is 3. The molecule has 0 aliphatic rings. The number of amides is 1. The van der Waals surface area contributed by atoms with Crippen molar-refractivity contribution in [3.8, 4) is 0 Å². The maximum Gasteiger partial charge on any atom is 0.358 e. The number of nitrogens with one attached hydrogen (secondary N) is 1. The van der Waals surface area contributed by atoms with E-state index in [4.69, 9.17) is 5.11 Å². The zero-order valence-corrected chi connectivity index (χ0v) is 11.3. The van der Waals surface area contributed by atoms with Gasteiger partial charge in [0, 0.05) is 6.54 Å². The van der Waals surface area contributed by atoms with Crippen LogP contribution >= 0.6 is 0 Å². The minimum absolute atomic E-state index is 0.0132. The summed E-state index contributed by atoms with van der Waals surface area (Å²) in [6, 6.07) is 0. The van der Waals surface area contributed by atoms with Gasteiger partial charge < -0.3 is 10.4 Å². The zero-order valence-electron chi connectivity index (χ0n) is 11.3. The Hall–Kier alpha value is -1.92. The van der Waals surface area contributed by atoms with E-state index in [2.05, 4.69) is 15.6 Å². The first-order chi connectivity index (χ1) is 9.10. The van der Waals surface area contributed by atoms with E-state index in [9.17, 15) is 9.59 Å². The molecule has 1 amide bonds. The number of hydrogen-bond donors (Lipinski definition) is 2. The van der Waals surface area contributed by atoms with Crippen molar-refractivity contribution >= 4 is 11.9 Å². The Morgan fingerprint density at radius 1 is 1.32 bits per heavy atom. The third-order valence-electron chi connectivity index (χ3n) is 2.67. The van der Waals surface area contributed by atoms with Crippen molar-refractivity contribution < 1.29 is 14.7 Å². The van der Waals surface area contributed by atoms with Crippen LogP contribution in [0.1, 0.15) is 49.3 Å². The molecule has 0 saturated carbocycles. The molecule has 19 heavy (non-hydrogen) atoms. The van der Waals surface area contributed by atoms with Crippen molar-refractivity contribution in [2.24, 2.45) is 0 Å². The first-order valence-corrected chi connectivity index (χ1v) is 6.52. The van der Waals surface area contributed by atoms with Crippen molar-refractivity contribution in [1.82, 2.24) is 20.3 Å². The van der Waals surface area contributed by atoms with E-state index in [-0.39, 0.29) is 18.1 Å². The average molecular weight is 268 g/mol. The van der Waals surface area contributed by atoms with Crippen molar-refractivity contribution in [3.63, 3.8) is 0 Å². The number of carbonyl (C=O) groups excluding carboxylic acids is 1. The molecule has 0 unspecified atom stereocenters. The molecule has 0 atom stereocenters. The maximum absolute atomic E-state index is 11.6. The summed E-state index contributed by atoms with van der Waals surface area (Å²) >= 11 is 0. The number of carboxylic acid groups (broad SMARTS) is 1. The molecule has 2 N–H and O–H groups in total. The molecular weight excluding hydrogens is 248 g/mol. The second-order valence-electron chi connectivity index (χ2n) is 4.30. The van der Waals surface area contributed by atoms with Crippen LogP contribution in [0.15, 0.2) is 0 Å². The smallest absolute Gasteiger partial charge is 0.358 e. The molecule has 7 nitrogen and oxygen atoms in total. The van der Waals surface area contributed by atoms with Gasteiger partial charge in [0.1, 0.15) is 6.54 Å². The molecule has 0 aromatic carbocycles. The molecule has 0 radical (unpaired) electrons. The van der Waals surface area contributed by atoms with Gasteiger partial charge in [-0.1, -0.05) is 25.5 Å². The average Bonchev–Trinajstić information content (AvgIpc) is 2.76. The minimum atomic E-state index is -1.11. The van der Waals surface area contributed by atoms with E-state index in [0.29, 0.717) is 18.7 Å². The highest BCUT2D eigenvalue weighted by Gasteiger charge is 2.19. The van der Waals surface area contributed by atoms with Crippen LogP contribution in [0.5, 0.6) is 0 Å². The number of hydrogen-bond acceptors (Lipinski definition) is 4. The molecular formula is C12H20N4O3. The number of carbonyl (C=O) groups is 2. The molecule has 0 spiro atoms. The van der Waals surface area contributed by atoms with Crippen LogP contribution < -0.4 is 5.32 Å². The fraction of sp³-hybridized carbons (Fsp3) is 0.667. The summed E-state index contributed by atoms with van der Waals surface area (Å²) in [5.41, 5.74) is 0.456. The van der Waals surface area contributed by atoms with Gasteiger partial charge in [-0.3, -0.25) is 4.79 Å². The number of rotatable bonds is 8. The normalized spacial score (nSPS) is 10.4. The van der Waals surface area contributed by atoms with Crippen molar-refractivity contribution in [1.29, 1.82) is 0 Å². The molecule has 1 aromatic heterocycles. The molecule has 1 heterocycles. The second kappa shape index (κ2) is 7.50. The van der Waals surface area contributed by atoms with Crippen molar-refractivity contribution in [2.45, 2.75) is 46.1 Å². The number of aromatic carboxylic acids is 1. The van der Waals surface area contributed by atoms with Crippen LogP contribution in [0.2, 0.25) is 0 Å². The van der Waals surface area contributed by atoms with Gasteiger partial charge >= 0.3 is 5.97 Å². The van der Waals surface area contributed by atoms with Crippen LogP contribution in [-0.4, -0.2) is 38.5 Å². The topological polar surface area (TPSA) is 97.1 Å². The Balaban J connectivity index is 2.81. The fourth-order valence-electron chi connectivity index (χ4n) is 1.67. The Morgan fingerprint density at radius 2 is 2.05 bits per heavy atom. The van der Waals surface area contributed by atoms with Crippen LogP contribution in [0, 0.1) is 0 Å². The van der Waals surface area contributed by atoms with Gasteiger partial charge in [-0.25, -0.2) is 9.48 Å². The van der Waals surface area contributed by atoms with Gasteiger partial charge in [0.25, 0.3) is 0 Å². The number of nitrogens with zero attached hydrogens (tertiary/aromatic N) is 3. The van der Waals surface area contributed by atoms with Crippen molar-refractivity contribution in [3.05, 3.63) is 11.4 Å². The van der Waals surface area contributed by atoms with Gasteiger partial charge in [-0.15, -0.1) is 5.10 Å². The first kappa shape index (κ1) is 15.1. The summed E-state index contributed by atoms with van der Waals surface area (Å²) in [5, 5.41) is 19.2. The van der Waals surface area contributed by atoms with Crippen LogP contribution in [0.3, 0.4) is 0 Å². The molecule has 0 saturated heterocycles. The standard InChI is InChI=1S/C12H20N4O3/c1-3-5-6-9-11(12(18)19)14-15-16(9)8-10(17)13-7-4-2/h3-8H2,1-2H3,(H,13,17)(H,18,19). The third-order valence-corrected chi connectivity index (χ3v) is 2.67. The Kier molecular flexibility index (Phi) is 5.98. The molecule has 0 aliphatic carbocycles. The Morgan fingerprint density at radius 3 is 2.63 bits per heavy atom. The summed E-state index contributed by atoms with van der Waals surface area (Å²) in [6.45, 7) is 4.59. The van der Waals surface area contributed by atoms with Gasteiger partial charge in [-0.2, -0.15) is 0 Å². The summed E-state index contributed by atoms with van der Waals surface area (Å²) < 4.78 is 1.38. The molecule has 106 valence electrons. The van der Waals surface area contributed by atoms with E-state index in [0.717, 1.165) is 19.3 Å². The lowest BCUT2D eigenvalue weighted by molar-refractivity contribution is -0.121. The SMILES string of the molecule is CCCCc1c(C(=O)O)nnn1CC(=O)NCCC. The van der Waals surface area contributed by atoms with Gasteiger partial charge in [0.15, 0.2) is 5.69 Å². The van der Waals surface area contributed by atoms with Crippen LogP contribution in [-0.2, 0) is 17.8 Å². The number of unbranched alkanes of at least 4 members (excludes halogenated alkanes) is 1. The molecule has 0 bridgehead atoms. The lowest BCUT2D eigenvalue weighted by atomic mass is 10.1. The summed E-state index contributed by atoms with van der Waals surface area (Å²) in [6.07, 6.45) is 3.19. The Bertz CT molecular complexity index is 442. The summed E-state index contributed by atoms with van der Waals surface area (Å²) in [4.78, 5) is 22.7. The van der Waals surface area contributed by atoms with E-state index in [1.807, 2.05) is 13.8 Å². The highest BCUT2D eigenvalue weighted by atomic mass is 16.4. The van der Waals surface area contributed by atoms with E-state index in [1.54, 1.807) is 0 Å². The van der Waals surface area contributed by atoms with Gasteiger partial charge in [-0.05, 0) is 19.3 Å². The van der Waals surface area contributed by atoms with Gasteiger partial charge in [0.05, 0.1) is 5.69 Å². The lowest BCUT2D eigenvalue weighted by Gasteiger charge is -2.07. The molecule has 0 fully saturated rings.